The minimum absolute atomic E-state index is 0.0233. The maximum Gasteiger partial charge on any atom is 0.221 e. The molecule has 3 N–H and O–H groups in total. The second kappa shape index (κ2) is 5.69. The van der Waals surface area contributed by atoms with Crippen molar-refractivity contribution >= 4 is 23.0 Å². The molecule has 2 heterocycles. The van der Waals surface area contributed by atoms with Crippen molar-refractivity contribution in [3.8, 4) is 0 Å². The standard InChI is InChI=1S/C13H19N5O/c1-3-5-15-11(19)4-6-18-12-10(17-13(18)14)7-9(2)8-16-12/h7-8H,3-6H2,1-2H3,(H2,14,17)(H,15,19). The van der Waals surface area contributed by atoms with Crippen LogP contribution in [-0.4, -0.2) is 27.0 Å². The van der Waals surface area contributed by atoms with Gasteiger partial charge in [0.15, 0.2) is 5.65 Å². The quantitative estimate of drug-likeness (QED) is 0.847. The van der Waals surface area contributed by atoms with Crippen LogP contribution in [0.15, 0.2) is 12.3 Å². The van der Waals surface area contributed by atoms with Crippen LogP contribution in [0.1, 0.15) is 25.3 Å². The molecule has 0 saturated carbocycles. The van der Waals surface area contributed by atoms with Gasteiger partial charge in [0.1, 0.15) is 5.52 Å². The third-order valence-corrected chi connectivity index (χ3v) is 2.89. The predicted octanol–water partition coefficient (Wildman–Crippen LogP) is 1.24. The maximum absolute atomic E-state index is 11.6. The number of carbonyl (C=O) groups is 1. The lowest BCUT2D eigenvalue weighted by molar-refractivity contribution is -0.121. The fourth-order valence-corrected chi connectivity index (χ4v) is 1.92. The van der Waals surface area contributed by atoms with Crippen LogP contribution in [0.5, 0.6) is 0 Å². The molecule has 0 aliphatic carbocycles. The van der Waals surface area contributed by atoms with Gasteiger partial charge in [-0.05, 0) is 25.0 Å². The molecule has 0 radical (unpaired) electrons. The number of nitrogens with zero attached hydrogens (tertiary/aromatic N) is 3. The lowest BCUT2D eigenvalue weighted by Gasteiger charge is -2.06. The van der Waals surface area contributed by atoms with Crippen LogP contribution in [0.2, 0.25) is 0 Å². The Morgan fingerprint density at radius 2 is 2.32 bits per heavy atom. The number of aryl methyl sites for hydroxylation is 2. The summed E-state index contributed by atoms with van der Waals surface area (Å²) in [6.45, 7) is 5.18. The van der Waals surface area contributed by atoms with E-state index in [2.05, 4.69) is 15.3 Å². The highest BCUT2D eigenvalue weighted by atomic mass is 16.1. The Labute approximate surface area is 112 Å². The predicted molar refractivity (Wildman–Crippen MR) is 74.6 cm³/mol. The molecule has 19 heavy (non-hydrogen) atoms. The molecule has 6 nitrogen and oxygen atoms in total. The molecule has 2 rings (SSSR count). The fourth-order valence-electron chi connectivity index (χ4n) is 1.92. The topological polar surface area (TPSA) is 85.8 Å². The zero-order valence-corrected chi connectivity index (χ0v) is 11.3. The van der Waals surface area contributed by atoms with Gasteiger partial charge in [-0.25, -0.2) is 9.97 Å². The van der Waals surface area contributed by atoms with E-state index in [-0.39, 0.29) is 5.91 Å². The number of anilines is 1. The van der Waals surface area contributed by atoms with Crippen LogP contribution in [0.3, 0.4) is 0 Å². The third kappa shape index (κ3) is 3.01. The molecule has 0 aliphatic rings. The van der Waals surface area contributed by atoms with Gasteiger partial charge in [0, 0.05) is 25.7 Å². The van der Waals surface area contributed by atoms with Gasteiger partial charge in [-0.15, -0.1) is 0 Å². The van der Waals surface area contributed by atoms with Gasteiger partial charge in [-0.1, -0.05) is 6.92 Å². The summed E-state index contributed by atoms with van der Waals surface area (Å²) in [6.07, 6.45) is 3.09. The molecule has 6 heteroatoms. The number of nitrogen functional groups attached to an aromatic ring is 1. The smallest absolute Gasteiger partial charge is 0.221 e. The molecule has 0 bridgehead atoms. The molecule has 1 amide bonds. The van der Waals surface area contributed by atoms with Crippen molar-refractivity contribution in [3.63, 3.8) is 0 Å². The largest absolute Gasteiger partial charge is 0.369 e. The number of aromatic nitrogens is 3. The highest BCUT2D eigenvalue weighted by Gasteiger charge is 2.10. The van der Waals surface area contributed by atoms with Crippen LogP contribution in [-0.2, 0) is 11.3 Å². The van der Waals surface area contributed by atoms with E-state index in [1.54, 1.807) is 10.8 Å². The van der Waals surface area contributed by atoms with E-state index in [1.807, 2.05) is 19.9 Å². The van der Waals surface area contributed by atoms with Crippen molar-refractivity contribution in [3.05, 3.63) is 17.8 Å². The Balaban J connectivity index is 2.12. The van der Waals surface area contributed by atoms with Gasteiger partial charge in [0.05, 0.1) is 0 Å². The highest BCUT2D eigenvalue weighted by Crippen LogP contribution is 2.16. The van der Waals surface area contributed by atoms with Crippen LogP contribution in [0, 0.1) is 6.92 Å². The average Bonchev–Trinajstić information content (AvgIpc) is 2.68. The summed E-state index contributed by atoms with van der Waals surface area (Å²) in [5.74, 6) is 0.423. The first kappa shape index (κ1) is 13.3. The van der Waals surface area contributed by atoms with Crippen molar-refractivity contribution in [2.45, 2.75) is 33.2 Å². The lowest BCUT2D eigenvalue weighted by Crippen LogP contribution is -2.25. The van der Waals surface area contributed by atoms with Crippen molar-refractivity contribution in [1.29, 1.82) is 0 Å². The van der Waals surface area contributed by atoms with Crippen molar-refractivity contribution in [1.82, 2.24) is 19.9 Å². The maximum atomic E-state index is 11.6. The van der Waals surface area contributed by atoms with Crippen LogP contribution in [0.25, 0.3) is 11.2 Å². The van der Waals surface area contributed by atoms with E-state index in [4.69, 9.17) is 5.73 Å². The van der Waals surface area contributed by atoms with Gasteiger partial charge in [0.2, 0.25) is 11.9 Å². The van der Waals surface area contributed by atoms with E-state index >= 15 is 0 Å². The Hall–Kier alpha value is -2.11. The molecular weight excluding hydrogens is 242 g/mol. The summed E-state index contributed by atoms with van der Waals surface area (Å²) >= 11 is 0. The number of hydrogen-bond donors (Lipinski definition) is 2. The van der Waals surface area contributed by atoms with Crippen molar-refractivity contribution in [2.24, 2.45) is 0 Å². The number of hydrogen-bond acceptors (Lipinski definition) is 4. The summed E-state index contributed by atoms with van der Waals surface area (Å²) < 4.78 is 1.78. The van der Waals surface area contributed by atoms with Gasteiger partial charge >= 0.3 is 0 Å². The van der Waals surface area contributed by atoms with Gasteiger partial charge in [-0.2, -0.15) is 0 Å². The SMILES string of the molecule is CCCNC(=O)CCn1c(N)nc2cc(C)cnc21. The summed E-state index contributed by atoms with van der Waals surface area (Å²) in [5, 5.41) is 2.84. The van der Waals surface area contributed by atoms with E-state index in [9.17, 15) is 4.79 Å². The number of carbonyl (C=O) groups excluding carboxylic acids is 1. The Morgan fingerprint density at radius 1 is 1.53 bits per heavy atom. The number of fused-ring (bicyclic) bond motifs is 1. The first-order valence-electron chi connectivity index (χ1n) is 6.47. The zero-order valence-electron chi connectivity index (χ0n) is 11.3. The van der Waals surface area contributed by atoms with Crippen molar-refractivity contribution in [2.75, 3.05) is 12.3 Å². The molecule has 0 atom stereocenters. The highest BCUT2D eigenvalue weighted by molar-refractivity contribution is 5.77. The summed E-state index contributed by atoms with van der Waals surface area (Å²) in [6, 6.07) is 1.94. The minimum Gasteiger partial charge on any atom is -0.369 e. The number of nitrogens with one attached hydrogen (secondary N) is 1. The second-order valence-corrected chi connectivity index (χ2v) is 4.58. The molecule has 0 aromatic carbocycles. The first-order chi connectivity index (χ1) is 9.11. The molecule has 0 unspecified atom stereocenters. The number of rotatable bonds is 5. The lowest BCUT2D eigenvalue weighted by atomic mass is 10.3. The van der Waals surface area contributed by atoms with E-state index in [0.29, 0.717) is 25.5 Å². The number of nitrogens with two attached hydrogens (primary N) is 1. The summed E-state index contributed by atoms with van der Waals surface area (Å²) in [5.41, 5.74) is 8.41. The molecule has 2 aromatic heterocycles. The molecule has 2 aromatic rings. The normalized spacial score (nSPS) is 10.8. The zero-order chi connectivity index (χ0) is 13.8. The fraction of sp³-hybridized carbons (Fsp3) is 0.462. The molecule has 0 aliphatic heterocycles. The molecule has 0 fully saturated rings. The van der Waals surface area contributed by atoms with E-state index in [0.717, 1.165) is 23.1 Å². The van der Waals surface area contributed by atoms with Gasteiger partial charge in [0.25, 0.3) is 0 Å². The number of amides is 1. The number of imidazole rings is 1. The molecule has 0 saturated heterocycles. The number of pyridine rings is 1. The van der Waals surface area contributed by atoms with Gasteiger partial charge in [-0.3, -0.25) is 9.36 Å². The second-order valence-electron chi connectivity index (χ2n) is 4.58. The van der Waals surface area contributed by atoms with Crippen LogP contribution >= 0.6 is 0 Å². The molecular formula is C13H19N5O. The van der Waals surface area contributed by atoms with Gasteiger partial charge < -0.3 is 11.1 Å². The summed E-state index contributed by atoms with van der Waals surface area (Å²) in [4.78, 5) is 20.2. The van der Waals surface area contributed by atoms with Crippen molar-refractivity contribution < 1.29 is 4.79 Å². The third-order valence-electron chi connectivity index (χ3n) is 2.89. The monoisotopic (exact) mass is 261 g/mol. The Morgan fingerprint density at radius 3 is 3.05 bits per heavy atom. The minimum atomic E-state index is 0.0233. The Kier molecular flexibility index (Phi) is 3.99. The average molecular weight is 261 g/mol. The first-order valence-corrected chi connectivity index (χ1v) is 6.47. The van der Waals surface area contributed by atoms with Crippen LogP contribution < -0.4 is 11.1 Å². The Bertz CT molecular complexity index is 590. The van der Waals surface area contributed by atoms with E-state index < -0.39 is 0 Å². The molecule has 0 spiro atoms. The molecule has 102 valence electrons. The van der Waals surface area contributed by atoms with E-state index in [1.165, 1.54) is 0 Å². The van der Waals surface area contributed by atoms with Crippen LogP contribution in [0.4, 0.5) is 5.95 Å². The summed E-state index contributed by atoms with van der Waals surface area (Å²) in [7, 11) is 0.